The van der Waals surface area contributed by atoms with Crippen molar-refractivity contribution in [2.45, 2.75) is 26.8 Å². The zero-order valence-electron chi connectivity index (χ0n) is 15.5. The van der Waals surface area contributed by atoms with Crippen molar-refractivity contribution in [3.05, 3.63) is 46.2 Å². The molecule has 0 amide bonds. The van der Waals surface area contributed by atoms with Crippen LogP contribution in [-0.4, -0.2) is 41.1 Å². The molecule has 7 nitrogen and oxygen atoms in total. The zero-order valence-corrected chi connectivity index (χ0v) is 15.5. The Morgan fingerprint density at radius 3 is 2.81 bits per heavy atom. The highest BCUT2D eigenvalue weighted by molar-refractivity contribution is 5.84. The van der Waals surface area contributed by atoms with E-state index >= 15 is 0 Å². The Kier molecular flexibility index (Phi) is 5.27. The van der Waals surface area contributed by atoms with Crippen molar-refractivity contribution in [1.29, 1.82) is 0 Å². The molecule has 1 aromatic carbocycles. The molecule has 2 heterocycles. The monoisotopic (exact) mass is 356 g/mol. The smallest absolute Gasteiger partial charge is 0.191 e. The molecule has 0 fully saturated rings. The molecule has 0 bridgehead atoms. The molecule has 0 spiro atoms. The van der Waals surface area contributed by atoms with E-state index < -0.39 is 0 Å². The molecule has 3 rings (SSSR count). The molecule has 0 aliphatic rings. The number of fused-ring (bicyclic) bond motifs is 1. The lowest BCUT2D eigenvalue weighted by Gasteiger charge is -2.12. The number of methoxy groups -OCH3 is 1. The van der Waals surface area contributed by atoms with Crippen molar-refractivity contribution in [2.24, 2.45) is 0 Å². The first kappa shape index (κ1) is 18.0. The number of hydrogen-bond donors (Lipinski definition) is 2. The Labute approximate surface area is 151 Å². The van der Waals surface area contributed by atoms with E-state index in [1.54, 1.807) is 23.9 Å². The molecule has 7 heteroatoms. The van der Waals surface area contributed by atoms with Crippen molar-refractivity contribution >= 4 is 16.7 Å². The van der Waals surface area contributed by atoms with Gasteiger partial charge in [-0.05, 0) is 32.9 Å². The molecule has 0 atom stereocenters. The third-order valence-corrected chi connectivity index (χ3v) is 4.02. The Bertz CT molecular complexity index is 959. The van der Waals surface area contributed by atoms with E-state index in [4.69, 9.17) is 9.47 Å². The van der Waals surface area contributed by atoms with Gasteiger partial charge in [-0.1, -0.05) is 0 Å². The van der Waals surface area contributed by atoms with Crippen LogP contribution in [0.5, 0.6) is 5.75 Å². The fourth-order valence-electron chi connectivity index (χ4n) is 2.77. The van der Waals surface area contributed by atoms with Crippen LogP contribution < -0.4 is 15.5 Å². The van der Waals surface area contributed by atoms with Crippen LogP contribution in [0.3, 0.4) is 0 Å². The topological polar surface area (TPSA) is 81.2 Å². The van der Waals surface area contributed by atoms with Gasteiger partial charge in [-0.3, -0.25) is 4.79 Å². The second kappa shape index (κ2) is 7.61. The minimum Gasteiger partial charge on any atom is -0.491 e. The molecule has 0 aliphatic heterocycles. The maximum Gasteiger partial charge on any atom is 0.191 e. The van der Waals surface area contributed by atoms with Crippen molar-refractivity contribution in [1.82, 2.24) is 14.8 Å². The summed E-state index contributed by atoms with van der Waals surface area (Å²) < 4.78 is 12.4. The number of benzene rings is 1. The van der Waals surface area contributed by atoms with Crippen molar-refractivity contribution in [3.63, 3.8) is 0 Å². The van der Waals surface area contributed by atoms with Gasteiger partial charge in [0.2, 0.25) is 0 Å². The van der Waals surface area contributed by atoms with Gasteiger partial charge >= 0.3 is 0 Å². The number of anilines is 1. The summed E-state index contributed by atoms with van der Waals surface area (Å²) in [5.74, 6) is 2.09. The lowest BCUT2D eigenvalue weighted by molar-refractivity contribution is 0.146. The summed E-state index contributed by atoms with van der Waals surface area (Å²) in [6, 6.07) is 7.31. The first-order valence-corrected chi connectivity index (χ1v) is 8.60. The number of ether oxygens (including phenoxy) is 2. The number of nitrogens with zero attached hydrogens (tertiary/aromatic N) is 2. The normalized spacial score (nSPS) is 11.3. The average Bonchev–Trinajstić information content (AvgIpc) is 3.05. The molecule has 0 saturated carbocycles. The Morgan fingerprint density at radius 2 is 2.08 bits per heavy atom. The summed E-state index contributed by atoms with van der Waals surface area (Å²) in [6.45, 7) is 6.99. The number of aromatic nitrogens is 3. The predicted molar refractivity (Wildman–Crippen MR) is 103 cm³/mol. The molecule has 0 radical (unpaired) electrons. The maximum atomic E-state index is 12.5. The average molecular weight is 356 g/mol. The van der Waals surface area contributed by atoms with Crippen LogP contribution in [0.4, 0.5) is 5.82 Å². The maximum absolute atomic E-state index is 12.5. The van der Waals surface area contributed by atoms with Crippen molar-refractivity contribution < 1.29 is 9.47 Å². The molecule has 0 saturated heterocycles. The van der Waals surface area contributed by atoms with Crippen LogP contribution >= 0.6 is 0 Å². The molecule has 0 unspecified atom stereocenters. The SMILES string of the molecule is COCCOc1ccc2c(=O)cc(-n3ccc(NC(C)C)n3)[nH]c2c1C. The third-order valence-electron chi connectivity index (χ3n) is 4.02. The largest absolute Gasteiger partial charge is 0.491 e. The number of aromatic amines is 1. The standard InChI is InChI=1S/C19H24N4O3/c1-12(2)20-17-7-8-23(22-17)18-11-15(24)14-5-6-16(26-10-9-25-4)13(3)19(14)21-18/h5-8,11-12H,9-10H2,1-4H3,(H,20,22)(H,21,24). The molecule has 2 N–H and O–H groups in total. The van der Waals surface area contributed by atoms with E-state index in [-0.39, 0.29) is 11.5 Å². The van der Waals surface area contributed by atoms with Crippen LogP contribution in [-0.2, 0) is 4.74 Å². The van der Waals surface area contributed by atoms with Gasteiger partial charge in [0.15, 0.2) is 5.43 Å². The number of pyridine rings is 1. The van der Waals surface area contributed by atoms with E-state index in [0.29, 0.717) is 24.4 Å². The van der Waals surface area contributed by atoms with Gasteiger partial charge in [0.1, 0.15) is 24.0 Å². The highest BCUT2D eigenvalue weighted by atomic mass is 16.5. The summed E-state index contributed by atoms with van der Waals surface area (Å²) in [4.78, 5) is 15.9. The van der Waals surface area contributed by atoms with Crippen LogP contribution in [0.2, 0.25) is 0 Å². The second-order valence-corrected chi connectivity index (χ2v) is 6.42. The number of H-pyrrole nitrogens is 1. The first-order valence-electron chi connectivity index (χ1n) is 8.60. The number of hydrogen-bond acceptors (Lipinski definition) is 5. The van der Waals surface area contributed by atoms with Crippen molar-refractivity contribution in [2.75, 3.05) is 25.6 Å². The Morgan fingerprint density at radius 1 is 1.27 bits per heavy atom. The molecular weight excluding hydrogens is 332 g/mol. The van der Waals surface area contributed by atoms with E-state index in [2.05, 4.69) is 15.4 Å². The second-order valence-electron chi connectivity index (χ2n) is 6.42. The number of nitrogens with one attached hydrogen (secondary N) is 2. The van der Waals surface area contributed by atoms with Crippen molar-refractivity contribution in [3.8, 4) is 11.6 Å². The van der Waals surface area contributed by atoms with Gasteiger partial charge in [-0.2, -0.15) is 0 Å². The van der Waals surface area contributed by atoms with Gasteiger partial charge in [0.25, 0.3) is 0 Å². The Hall–Kier alpha value is -2.80. The van der Waals surface area contributed by atoms with E-state index in [1.165, 1.54) is 0 Å². The van der Waals surface area contributed by atoms with Crippen LogP contribution in [0.15, 0.2) is 35.3 Å². The molecule has 2 aromatic heterocycles. The molecule has 138 valence electrons. The molecule has 3 aromatic rings. The van der Waals surface area contributed by atoms with E-state index in [9.17, 15) is 4.79 Å². The van der Waals surface area contributed by atoms with Gasteiger partial charge in [0.05, 0.1) is 12.1 Å². The lowest BCUT2D eigenvalue weighted by atomic mass is 10.1. The van der Waals surface area contributed by atoms with Gasteiger partial charge in [0, 0.05) is 42.4 Å². The third kappa shape index (κ3) is 3.72. The van der Waals surface area contributed by atoms with Gasteiger partial charge in [-0.25, -0.2) is 4.68 Å². The summed E-state index contributed by atoms with van der Waals surface area (Å²) in [7, 11) is 1.63. The number of rotatable bonds is 7. The summed E-state index contributed by atoms with van der Waals surface area (Å²) in [6.07, 6.45) is 1.82. The van der Waals surface area contributed by atoms with E-state index in [0.717, 1.165) is 22.6 Å². The van der Waals surface area contributed by atoms with Gasteiger partial charge < -0.3 is 19.8 Å². The van der Waals surface area contributed by atoms with Crippen LogP contribution in [0.25, 0.3) is 16.7 Å². The molecule has 0 aliphatic carbocycles. The Balaban J connectivity index is 2.01. The van der Waals surface area contributed by atoms with Gasteiger partial charge in [-0.15, -0.1) is 5.10 Å². The number of aryl methyl sites for hydroxylation is 1. The summed E-state index contributed by atoms with van der Waals surface area (Å²) in [5, 5.41) is 8.33. The van der Waals surface area contributed by atoms with Crippen LogP contribution in [0.1, 0.15) is 19.4 Å². The molecular formula is C19H24N4O3. The quantitative estimate of drug-likeness (QED) is 0.636. The highest BCUT2D eigenvalue weighted by Crippen LogP contribution is 2.25. The fourth-order valence-corrected chi connectivity index (χ4v) is 2.77. The lowest BCUT2D eigenvalue weighted by Crippen LogP contribution is -2.12. The summed E-state index contributed by atoms with van der Waals surface area (Å²) in [5.41, 5.74) is 1.57. The minimum absolute atomic E-state index is 0.0610. The minimum atomic E-state index is -0.0610. The first-order chi connectivity index (χ1) is 12.5. The molecule has 26 heavy (non-hydrogen) atoms. The highest BCUT2D eigenvalue weighted by Gasteiger charge is 2.11. The van der Waals surface area contributed by atoms with Crippen LogP contribution in [0, 0.1) is 6.92 Å². The predicted octanol–water partition coefficient (Wildman–Crippen LogP) is 2.87. The van der Waals surface area contributed by atoms with E-state index in [1.807, 2.05) is 39.1 Å². The summed E-state index contributed by atoms with van der Waals surface area (Å²) >= 11 is 0. The fraction of sp³-hybridized carbons (Fsp3) is 0.368. The zero-order chi connectivity index (χ0) is 18.7.